The minimum Gasteiger partial charge on any atom is -0.306 e. The van der Waals surface area contributed by atoms with E-state index >= 15 is 0 Å². The lowest BCUT2D eigenvalue weighted by Gasteiger charge is -2.21. The molecule has 0 spiro atoms. The number of rotatable bonds is 34. The second kappa shape index (κ2) is 30.7. The number of aromatic nitrogens is 2. The first-order valence-corrected chi connectivity index (χ1v) is 20.9. The number of nitrogens with zero attached hydrogens (tertiary/aromatic N) is 2. The van der Waals surface area contributed by atoms with Crippen molar-refractivity contribution >= 4 is 0 Å². The molecule has 0 saturated heterocycles. The molecule has 1 aromatic carbocycles. The first-order valence-electron chi connectivity index (χ1n) is 20.9. The molecule has 0 aliphatic rings. The Bertz CT molecular complexity index is 872. The predicted octanol–water partition coefficient (Wildman–Crippen LogP) is 15.5. The maximum Gasteiger partial charge on any atom is 0.0991 e. The highest BCUT2D eigenvalue weighted by Gasteiger charge is 2.16. The van der Waals surface area contributed by atoms with Crippen LogP contribution in [-0.2, 0) is 0 Å². The van der Waals surface area contributed by atoms with E-state index in [1.807, 2.05) is 12.5 Å². The maximum atomic E-state index is 4.35. The van der Waals surface area contributed by atoms with Gasteiger partial charge in [0.25, 0.3) is 0 Å². The number of imidazole rings is 1. The van der Waals surface area contributed by atoms with Crippen molar-refractivity contribution in [2.24, 2.45) is 0 Å². The summed E-state index contributed by atoms with van der Waals surface area (Å²) in [6, 6.07) is 9.14. The molecule has 2 heteroatoms. The van der Waals surface area contributed by atoms with Crippen LogP contribution >= 0.6 is 0 Å². The Morgan fingerprint density at radius 2 is 0.804 bits per heavy atom. The van der Waals surface area contributed by atoms with Crippen LogP contribution in [0.4, 0.5) is 0 Å². The molecule has 1 atom stereocenters. The van der Waals surface area contributed by atoms with Gasteiger partial charge in [-0.1, -0.05) is 225 Å². The number of hydrogen-bond donors (Lipinski definition) is 0. The highest BCUT2D eigenvalue weighted by molar-refractivity contribution is 5.43. The molecule has 2 aromatic rings. The molecule has 1 unspecified atom stereocenters. The monoisotopic (exact) mass is 635 g/mol. The molecule has 1 heterocycles. The van der Waals surface area contributed by atoms with Crippen molar-refractivity contribution in [1.29, 1.82) is 0 Å². The van der Waals surface area contributed by atoms with E-state index in [0.717, 1.165) is 0 Å². The third-order valence-electron chi connectivity index (χ3n) is 10.5. The van der Waals surface area contributed by atoms with Crippen LogP contribution in [0, 0.1) is 0 Å². The number of benzene rings is 1. The summed E-state index contributed by atoms with van der Waals surface area (Å²) in [6.45, 7) is 4.62. The summed E-state index contributed by atoms with van der Waals surface area (Å²) < 4.78 is 2.22. The molecule has 264 valence electrons. The Morgan fingerprint density at radius 3 is 1.15 bits per heavy atom. The van der Waals surface area contributed by atoms with Crippen molar-refractivity contribution in [3.8, 4) is 5.69 Å². The Morgan fingerprint density at radius 1 is 0.457 bits per heavy atom. The second-order valence-corrected chi connectivity index (χ2v) is 14.7. The SMILES string of the molecule is CCCCCCCCCCCCCCCCCCC(CCCCCCCCCCCCCCCC)c1ccccc1-n1ccnc1. The van der Waals surface area contributed by atoms with E-state index in [2.05, 4.69) is 53.9 Å². The molecule has 0 radical (unpaired) electrons. The van der Waals surface area contributed by atoms with E-state index < -0.39 is 0 Å². The van der Waals surface area contributed by atoms with Gasteiger partial charge in [0.1, 0.15) is 0 Å². The zero-order valence-electron chi connectivity index (χ0n) is 31.1. The molecule has 0 amide bonds. The molecule has 2 rings (SSSR count). The van der Waals surface area contributed by atoms with E-state index in [1.165, 1.54) is 217 Å². The highest BCUT2D eigenvalue weighted by Crippen LogP contribution is 2.33. The molecule has 0 N–H and O–H groups in total. The lowest BCUT2D eigenvalue weighted by Crippen LogP contribution is -2.05. The quantitative estimate of drug-likeness (QED) is 0.0700. The zero-order chi connectivity index (χ0) is 32.6. The van der Waals surface area contributed by atoms with Gasteiger partial charge in [-0.15, -0.1) is 0 Å². The van der Waals surface area contributed by atoms with E-state index in [1.54, 1.807) is 0 Å². The van der Waals surface area contributed by atoms with Crippen LogP contribution in [-0.4, -0.2) is 9.55 Å². The fourth-order valence-corrected chi connectivity index (χ4v) is 7.45. The smallest absolute Gasteiger partial charge is 0.0991 e. The molecule has 1 aromatic heterocycles. The Hall–Kier alpha value is -1.57. The van der Waals surface area contributed by atoms with E-state index in [9.17, 15) is 0 Å². The topological polar surface area (TPSA) is 17.8 Å². The summed E-state index contributed by atoms with van der Waals surface area (Å²) in [5, 5.41) is 0. The van der Waals surface area contributed by atoms with Crippen molar-refractivity contribution in [2.75, 3.05) is 0 Å². The van der Waals surface area contributed by atoms with Gasteiger partial charge in [0.15, 0.2) is 0 Å². The summed E-state index contributed by atoms with van der Waals surface area (Å²) in [5.74, 6) is 0.669. The van der Waals surface area contributed by atoms with Crippen LogP contribution in [0.5, 0.6) is 0 Å². The van der Waals surface area contributed by atoms with Crippen molar-refractivity contribution in [3.05, 3.63) is 48.5 Å². The first kappa shape index (κ1) is 40.6. The van der Waals surface area contributed by atoms with Gasteiger partial charge in [0, 0.05) is 18.1 Å². The zero-order valence-corrected chi connectivity index (χ0v) is 31.1. The van der Waals surface area contributed by atoms with Gasteiger partial charge in [-0.25, -0.2) is 4.98 Å². The van der Waals surface area contributed by atoms with Gasteiger partial charge in [-0.05, 0) is 30.4 Å². The molecule has 0 fully saturated rings. The average Bonchev–Trinajstić information content (AvgIpc) is 3.62. The number of para-hydroxylation sites is 1. The lowest BCUT2D eigenvalue weighted by molar-refractivity contribution is 0.479. The number of unbranched alkanes of at least 4 members (excludes halogenated alkanes) is 28. The Kier molecular flexibility index (Phi) is 27.1. The fourth-order valence-electron chi connectivity index (χ4n) is 7.45. The fraction of sp³-hybridized carbons (Fsp3) is 0.795. The maximum absolute atomic E-state index is 4.35. The summed E-state index contributed by atoms with van der Waals surface area (Å²) >= 11 is 0. The van der Waals surface area contributed by atoms with Gasteiger partial charge in [-0.2, -0.15) is 0 Å². The molecule has 0 saturated carbocycles. The normalized spacial score (nSPS) is 12.2. The van der Waals surface area contributed by atoms with Crippen LogP contribution in [0.15, 0.2) is 43.0 Å². The third kappa shape index (κ3) is 21.3. The highest BCUT2D eigenvalue weighted by atomic mass is 15.0. The van der Waals surface area contributed by atoms with Gasteiger partial charge in [0.05, 0.1) is 6.33 Å². The lowest BCUT2D eigenvalue weighted by atomic mass is 9.87. The van der Waals surface area contributed by atoms with E-state index in [4.69, 9.17) is 0 Å². The minimum atomic E-state index is 0.669. The minimum absolute atomic E-state index is 0.669. The number of hydrogen-bond acceptors (Lipinski definition) is 1. The van der Waals surface area contributed by atoms with Crippen molar-refractivity contribution in [3.63, 3.8) is 0 Å². The summed E-state index contributed by atoms with van der Waals surface area (Å²) in [4.78, 5) is 4.35. The molecular formula is C44H78N2. The summed E-state index contributed by atoms with van der Waals surface area (Å²) in [7, 11) is 0. The van der Waals surface area contributed by atoms with Crippen LogP contribution in [0.1, 0.15) is 231 Å². The Labute approximate surface area is 288 Å². The Balaban J connectivity index is 1.58. The van der Waals surface area contributed by atoms with Crippen molar-refractivity contribution in [2.45, 2.75) is 225 Å². The predicted molar refractivity (Wildman–Crippen MR) is 205 cm³/mol. The van der Waals surface area contributed by atoms with Gasteiger partial charge in [-0.3, -0.25) is 0 Å². The van der Waals surface area contributed by atoms with Crippen LogP contribution in [0.25, 0.3) is 5.69 Å². The summed E-state index contributed by atoms with van der Waals surface area (Å²) in [5.41, 5.74) is 2.88. The average molecular weight is 635 g/mol. The van der Waals surface area contributed by atoms with Crippen molar-refractivity contribution < 1.29 is 0 Å². The largest absolute Gasteiger partial charge is 0.306 e. The van der Waals surface area contributed by atoms with Gasteiger partial charge >= 0.3 is 0 Å². The molecule has 46 heavy (non-hydrogen) atoms. The van der Waals surface area contributed by atoms with Gasteiger partial charge < -0.3 is 4.57 Å². The summed E-state index contributed by atoms with van der Waals surface area (Å²) in [6.07, 6.45) is 51.8. The van der Waals surface area contributed by atoms with Gasteiger partial charge in [0.2, 0.25) is 0 Å². The standard InChI is InChI=1S/C44H78N2/c1-3-5-7-9-11-13-15-17-19-20-22-24-26-28-30-32-36-42(43-37-33-34-38-44(43)46-40-39-45-41-46)35-31-29-27-25-23-21-18-16-14-12-10-8-6-4-2/h33-34,37-42H,3-32,35-36H2,1-2H3. The molecule has 0 aliphatic carbocycles. The van der Waals surface area contributed by atoms with Crippen molar-refractivity contribution in [1.82, 2.24) is 9.55 Å². The van der Waals surface area contributed by atoms with Crippen LogP contribution in [0.3, 0.4) is 0 Å². The molecular weight excluding hydrogens is 556 g/mol. The van der Waals surface area contributed by atoms with Crippen LogP contribution in [0.2, 0.25) is 0 Å². The first-order chi connectivity index (χ1) is 22.9. The van der Waals surface area contributed by atoms with E-state index in [-0.39, 0.29) is 0 Å². The second-order valence-electron chi connectivity index (χ2n) is 14.7. The van der Waals surface area contributed by atoms with E-state index in [0.29, 0.717) is 5.92 Å². The molecule has 2 nitrogen and oxygen atoms in total. The molecule has 0 aliphatic heterocycles. The third-order valence-corrected chi connectivity index (χ3v) is 10.5. The van der Waals surface area contributed by atoms with Crippen LogP contribution < -0.4 is 0 Å². The molecule has 0 bridgehead atoms.